The van der Waals surface area contributed by atoms with Crippen LogP contribution in [0, 0.1) is 0 Å². The molecule has 0 aromatic heterocycles. The molecule has 4 atom stereocenters. The van der Waals surface area contributed by atoms with Crippen molar-refractivity contribution >= 4 is 35.2 Å². The number of hydrogen-bond donors (Lipinski definition) is 0. The molecule has 2 aliphatic heterocycles. The normalized spacial score (nSPS) is 21.2. The maximum absolute atomic E-state index is 14.3. The van der Waals surface area contributed by atoms with Crippen molar-refractivity contribution in [1.29, 1.82) is 0 Å². The third-order valence-electron chi connectivity index (χ3n) is 7.10. The Morgan fingerprint density at radius 2 is 1.62 bits per heavy atom. The van der Waals surface area contributed by atoms with Gasteiger partial charge in [-0.3, -0.25) is 24.1 Å². The maximum Gasteiger partial charge on any atom is 0.410 e. The van der Waals surface area contributed by atoms with Crippen molar-refractivity contribution in [2.24, 2.45) is 0 Å². The third kappa shape index (κ3) is 4.70. The highest BCUT2D eigenvalue weighted by Crippen LogP contribution is 2.43. The summed E-state index contributed by atoms with van der Waals surface area (Å²) in [6.07, 6.45) is -4.73. The molecule has 4 rings (SSSR count). The first kappa shape index (κ1) is 26.7. The van der Waals surface area contributed by atoms with Gasteiger partial charge in [-0.2, -0.15) is 13.2 Å². The number of halogens is 4. The van der Waals surface area contributed by atoms with Crippen LogP contribution in [0.15, 0.2) is 48.5 Å². The van der Waals surface area contributed by atoms with Crippen molar-refractivity contribution in [2.45, 2.75) is 57.0 Å². The summed E-state index contributed by atoms with van der Waals surface area (Å²) in [4.78, 5) is 54.5. The summed E-state index contributed by atoms with van der Waals surface area (Å²) in [6, 6.07) is 6.62. The van der Waals surface area contributed by atoms with Gasteiger partial charge in [0.1, 0.15) is 12.1 Å². The zero-order valence-electron chi connectivity index (χ0n) is 20.3. The molecule has 2 aliphatic rings. The molecule has 1 saturated heterocycles. The molecular weight excluding hydrogens is 511 g/mol. The lowest BCUT2D eigenvalue weighted by atomic mass is 10.0. The van der Waals surface area contributed by atoms with Crippen LogP contribution < -0.4 is 0 Å². The van der Waals surface area contributed by atoms with Crippen molar-refractivity contribution < 1.29 is 32.3 Å². The van der Waals surface area contributed by atoms with E-state index in [4.69, 9.17) is 11.6 Å². The first-order chi connectivity index (χ1) is 17.3. The van der Waals surface area contributed by atoms with E-state index >= 15 is 0 Å². The van der Waals surface area contributed by atoms with E-state index in [9.17, 15) is 32.3 Å². The zero-order valence-corrected chi connectivity index (χ0v) is 21.1. The van der Waals surface area contributed by atoms with Crippen LogP contribution in [0.4, 0.5) is 13.2 Å². The van der Waals surface area contributed by atoms with Gasteiger partial charge in [0.05, 0.1) is 23.2 Å². The summed E-state index contributed by atoms with van der Waals surface area (Å²) < 4.78 is 43.0. The van der Waals surface area contributed by atoms with Gasteiger partial charge in [0.2, 0.25) is 11.8 Å². The van der Waals surface area contributed by atoms with Gasteiger partial charge in [-0.1, -0.05) is 35.9 Å². The van der Waals surface area contributed by atoms with E-state index in [0.717, 1.165) is 23.8 Å². The number of hydrogen-bond acceptors (Lipinski definition) is 4. The lowest BCUT2D eigenvalue weighted by molar-refractivity contribution is -0.200. The zero-order chi connectivity index (χ0) is 27.2. The van der Waals surface area contributed by atoms with Gasteiger partial charge in [-0.15, -0.1) is 0 Å². The van der Waals surface area contributed by atoms with Crippen LogP contribution in [0.1, 0.15) is 59.0 Å². The smallest absolute Gasteiger partial charge is 0.332 e. The first-order valence-corrected chi connectivity index (χ1v) is 12.1. The van der Waals surface area contributed by atoms with Crippen LogP contribution >= 0.6 is 11.6 Å². The van der Waals surface area contributed by atoms with Gasteiger partial charge in [-0.05, 0) is 49.6 Å². The number of alkyl halides is 3. The molecule has 2 aromatic rings. The number of likely N-dealkylation sites (tertiary alicyclic amines) is 1. The average Bonchev–Trinajstić information content (AvgIpc) is 3.36. The average molecular weight is 536 g/mol. The molecule has 0 N–H and O–H groups in total. The number of likely N-dealkylation sites (N-methyl/N-ethyl adjacent to an activating group) is 1. The Bertz CT molecular complexity index is 1230. The Morgan fingerprint density at radius 3 is 2.14 bits per heavy atom. The fraction of sp³-hybridized carbons (Fsp3) is 0.385. The maximum atomic E-state index is 14.3. The minimum atomic E-state index is -4.84. The van der Waals surface area contributed by atoms with Crippen molar-refractivity contribution in [3.05, 3.63) is 70.2 Å². The van der Waals surface area contributed by atoms with Crippen LogP contribution in [0.2, 0.25) is 5.02 Å². The van der Waals surface area contributed by atoms with Crippen LogP contribution in [-0.2, 0) is 9.59 Å². The Hall–Kier alpha value is -3.40. The summed E-state index contributed by atoms with van der Waals surface area (Å²) >= 11 is 6.14. The molecule has 7 nitrogen and oxygen atoms in total. The second-order valence-corrected chi connectivity index (χ2v) is 9.72. The topological polar surface area (TPSA) is 78.0 Å². The largest absolute Gasteiger partial charge is 0.410 e. The lowest BCUT2D eigenvalue weighted by Crippen LogP contribution is -2.60. The van der Waals surface area contributed by atoms with Gasteiger partial charge in [0.15, 0.2) is 0 Å². The van der Waals surface area contributed by atoms with Crippen LogP contribution in [0.25, 0.3) is 0 Å². The predicted molar refractivity (Wildman–Crippen MR) is 129 cm³/mol. The highest BCUT2D eigenvalue weighted by atomic mass is 35.5. The van der Waals surface area contributed by atoms with Gasteiger partial charge in [0, 0.05) is 19.0 Å². The van der Waals surface area contributed by atoms with Crippen molar-refractivity contribution in [1.82, 2.24) is 14.7 Å². The van der Waals surface area contributed by atoms with Crippen molar-refractivity contribution in [3.63, 3.8) is 0 Å². The quantitative estimate of drug-likeness (QED) is 0.529. The summed E-state index contributed by atoms with van der Waals surface area (Å²) in [5.74, 6) is -3.02. The molecule has 0 aliphatic carbocycles. The Kier molecular flexibility index (Phi) is 7.07. The van der Waals surface area contributed by atoms with Crippen LogP contribution in [0.3, 0.4) is 0 Å². The third-order valence-corrected chi connectivity index (χ3v) is 7.34. The molecule has 4 amide bonds. The minimum absolute atomic E-state index is 0.0560. The standard InChI is InChI=1S/C26H25ClF3N3O4/c1-14(32-24(36)18-9-4-5-10-19(18)25(32)37)23(35)33-20(16-7-6-8-17(27)13-16)11-12-21(33)22(26(28,29)30)31(3)15(2)34/h4-10,13-14,20-22H,11-12H2,1-3H3/t14-,20+,21-,22?/m1/s1. The number of amides is 4. The molecule has 0 bridgehead atoms. The minimum Gasteiger partial charge on any atom is -0.332 e. The van der Waals surface area contributed by atoms with E-state index in [0.29, 0.717) is 15.5 Å². The SMILES string of the molecule is CC(=O)N(C)C([C@H]1CC[C@@H](c2cccc(Cl)c2)N1C(=O)[C@@H](C)N1C(=O)c2ccccc2C1=O)C(F)(F)F. The summed E-state index contributed by atoms with van der Waals surface area (Å²) in [6.45, 7) is 2.35. The molecule has 1 fully saturated rings. The fourth-order valence-corrected chi connectivity index (χ4v) is 5.48. The lowest BCUT2D eigenvalue weighted by Gasteiger charge is -2.41. The molecule has 1 unspecified atom stereocenters. The van der Waals surface area contributed by atoms with Gasteiger partial charge in [-0.25, -0.2) is 0 Å². The highest BCUT2D eigenvalue weighted by molar-refractivity contribution is 6.30. The number of carbonyl (C=O) groups is 4. The van der Waals surface area contributed by atoms with E-state index in [1.807, 2.05) is 0 Å². The van der Waals surface area contributed by atoms with E-state index in [-0.39, 0.29) is 24.0 Å². The summed E-state index contributed by atoms with van der Waals surface area (Å²) in [5.41, 5.74) is 0.770. The highest BCUT2D eigenvalue weighted by Gasteiger charge is 2.55. The second kappa shape index (κ2) is 9.81. The number of rotatable bonds is 5. The van der Waals surface area contributed by atoms with E-state index in [1.165, 1.54) is 19.1 Å². The van der Waals surface area contributed by atoms with E-state index in [2.05, 4.69) is 0 Å². The van der Waals surface area contributed by atoms with Crippen LogP contribution in [0.5, 0.6) is 0 Å². The molecule has 2 heterocycles. The van der Waals surface area contributed by atoms with Gasteiger partial charge >= 0.3 is 6.18 Å². The summed E-state index contributed by atoms with van der Waals surface area (Å²) in [7, 11) is 1.05. The molecular formula is C26H25ClF3N3O4. The molecule has 37 heavy (non-hydrogen) atoms. The van der Waals surface area contributed by atoms with E-state index in [1.54, 1.807) is 36.4 Å². The molecule has 11 heteroatoms. The predicted octanol–water partition coefficient (Wildman–Crippen LogP) is 4.47. The molecule has 196 valence electrons. The van der Waals surface area contributed by atoms with Crippen LogP contribution in [-0.4, -0.2) is 69.7 Å². The molecule has 0 radical (unpaired) electrons. The molecule has 0 spiro atoms. The first-order valence-electron chi connectivity index (χ1n) is 11.7. The van der Waals surface area contributed by atoms with Crippen molar-refractivity contribution in [2.75, 3.05) is 7.05 Å². The monoisotopic (exact) mass is 535 g/mol. The number of carbonyl (C=O) groups excluding carboxylic acids is 4. The Labute approximate surface area is 216 Å². The summed E-state index contributed by atoms with van der Waals surface area (Å²) in [5, 5.41) is 0.343. The second-order valence-electron chi connectivity index (χ2n) is 9.28. The van der Waals surface area contributed by atoms with Crippen molar-refractivity contribution in [3.8, 4) is 0 Å². The fourth-order valence-electron chi connectivity index (χ4n) is 5.28. The van der Waals surface area contributed by atoms with E-state index < -0.39 is 54.0 Å². The Balaban J connectivity index is 1.77. The van der Waals surface area contributed by atoms with Gasteiger partial charge in [0.25, 0.3) is 11.8 Å². The number of imide groups is 1. The van der Waals surface area contributed by atoms with Gasteiger partial charge < -0.3 is 9.80 Å². The Morgan fingerprint density at radius 1 is 1.03 bits per heavy atom. The number of nitrogens with zero attached hydrogens (tertiary/aromatic N) is 3. The molecule has 0 saturated carbocycles. The number of benzene rings is 2. The molecule has 2 aromatic carbocycles. The number of fused-ring (bicyclic) bond motifs is 1.